The summed E-state index contributed by atoms with van der Waals surface area (Å²) in [4.78, 5) is 23.9. The van der Waals surface area contributed by atoms with Crippen LogP contribution >= 0.6 is 0 Å². The normalized spacial score (nSPS) is 17.2. The van der Waals surface area contributed by atoms with Gasteiger partial charge in [-0.1, -0.05) is 0 Å². The molecule has 0 atom stereocenters. The van der Waals surface area contributed by atoms with Crippen LogP contribution in [-0.2, 0) is 9.59 Å². The molecule has 1 rings (SSSR count). The molecule has 0 bridgehead atoms. The summed E-state index contributed by atoms with van der Waals surface area (Å²) in [5.74, 6) is -0.399. The monoisotopic (exact) mass is 228 g/mol. The Morgan fingerprint density at radius 1 is 1.44 bits per heavy atom. The van der Waals surface area contributed by atoms with Gasteiger partial charge in [-0.2, -0.15) is 0 Å². The van der Waals surface area contributed by atoms with Crippen LogP contribution < -0.4 is 5.32 Å². The zero-order chi connectivity index (χ0) is 12.1. The Kier molecular flexibility index (Phi) is 4.73. The minimum Gasteiger partial charge on any atom is -0.481 e. The maximum absolute atomic E-state index is 11.3. The molecule has 5 heteroatoms. The van der Waals surface area contributed by atoms with Gasteiger partial charge in [-0.25, -0.2) is 0 Å². The fourth-order valence-corrected chi connectivity index (χ4v) is 1.89. The number of likely N-dealkylation sites (tertiary alicyclic amines) is 1. The zero-order valence-electron chi connectivity index (χ0n) is 9.90. The third kappa shape index (κ3) is 4.61. The lowest BCUT2D eigenvalue weighted by molar-refractivity contribution is -0.139. The van der Waals surface area contributed by atoms with Crippen LogP contribution in [0.3, 0.4) is 0 Å². The average Bonchev–Trinajstić information content (AvgIpc) is 2.06. The van der Waals surface area contributed by atoms with Gasteiger partial charge in [0.25, 0.3) is 0 Å². The highest BCUT2D eigenvalue weighted by molar-refractivity contribution is 5.76. The van der Waals surface area contributed by atoms with E-state index in [9.17, 15) is 9.59 Å². The van der Waals surface area contributed by atoms with Gasteiger partial charge in [0.15, 0.2) is 0 Å². The first-order valence-corrected chi connectivity index (χ1v) is 5.71. The largest absolute Gasteiger partial charge is 0.481 e. The Balaban J connectivity index is 2.05. The lowest BCUT2D eigenvalue weighted by Gasteiger charge is -2.38. The van der Waals surface area contributed by atoms with Crippen molar-refractivity contribution in [2.75, 3.05) is 19.6 Å². The number of amides is 1. The van der Waals surface area contributed by atoms with Crippen LogP contribution in [0.1, 0.15) is 26.7 Å². The molecule has 0 saturated carbocycles. The Bertz CT molecular complexity index is 260. The van der Waals surface area contributed by atoms with Crippen LogP contribution in [0.5, 0.6) is 0 Å². The summed E-state index contributed by atoms with van der Waals surface area (Å²) in [5.41, 5.74) is 0. The minimum atomic E-state index is -0.734. The Morgan fingerprint density at radius 2 is 2.06 bits per heavy atom. The summed E-state index contributed by atoms with van der Waals surface area (Å²) in [6.07, 6.45) is 0.743. The molecule has 1 aliphatic rings. The average molecular weight is 228 g/mol. The van der Waals surface area contributed by atoms with E-state index in [0.717, 1.165) is 19.6 Å². The fourth-order valence-electron chi connectivity index (χ4n) is 1.89. The lowest BCUT2D eigenvalue weighted by atomic mass is 9.96. The van der Waals surface area contributed by atoms with Gasteiger partial charge in [-0.3, -0.25) is 9.59 Å². The third-order valence-electron chi connectivity index (χ3n) is 2.60. The van der Waals surface area contributed by atoms with E-state index in [2.05, 4.69) is 10.2 Å². The fraction of sp³-hybridized carbons (Fsp3) is 0.818. The van der Waals surface area contributed by atoms with Gasteiger partial charge in [0.1, 0.15) is 0 Å². The number of aliphatic carboxylic acids is 1. The number of rotatable bonds is 6. The van der Waals surface area contributed by atoms with Crippen LogP contribution in [0.2, 0.25) is 0 Å². The van der Waals surface area contributed by atoms with Crippen molar-refractivity contribution < 1.29 is 14.7 Å². The maximum atomic E-state index is 11.3. The number of carboxylic acids is 1. The number of nitrogens with zero attached hydrogens (tertiary/aromatic N) is 1. The zero-order valence-corrected chi connectivity index (χ0v) is 9.90. The first kappa shape index (κ1) is 13.0. The van der Waals surface area contributed by atoms with E-state index in [-0.39, 0.29) is 24.3 Å². The first-order valence-electron chi connectivity index (χ1n) is 5.71. The summed E-state index contributed by atoms with van der Waals surface area (Å²) in [6, 6.07) is 0.184. The summed E-state index contributed by atoms with van der Waals surface area (Å²) >= 11 is 0. The van der Waals surface area contributed by atoms with Gasteiger partial charge < -0.3 is 15.3 Å². The second-order valence-corrected chi connectivity index (χ2v) is 4.70. The smallest absolute Gasteiger partial charge is 0.303 e. The number of hydrogen-bond acceptors (Lipinski definition) is 3. The van der Waals surface area contributed by atoms with Crippen molar-refractivity contribution in [3.05, 3.63) is 0 Å². The highest BCUT2D eigenvalue weighted by atomic mass is 16.4. The lowest BCUT2D eigenvalue weighted by Crippen LogP contribution is -2.48. The minimum absolute atomic E-state index is 0.0664. The van der Waals surface area contributed by atoms with Crippen molar-refractivity contribution in [3.63, 3.8) is 0 Å². The van der Waals surface area contributed by atoms with E-state index >= 15 is 0 Å². The summed E-state index contributed by atoms with van der Waals surface area (Å²) < 4.78 is 0. The highest BCUT2D eigenvalue weighted by Gasteiger charge is 2.28. The number of carbonyl (C=O) groups excluding carboxylic acids is 1. The molecular weight excluding hydrogens is 208 g/mol. The van der Waals surface area contributed by atoms with Crippen molar-refractivity contribution in [3.8, 4) is 0 Å². The molecule has 5 nitrogen and oxygen atoms in total. The van der Waals surface area contributed by atoms with Crippen LogP contribution in [-0.4, -0.2) is 47.6 Å². The molecule has 0 aromatic carbocycles. The predicted octanol–water partition coefficient (Wildman–Crippen LogP) is 0.308. The molecular formula is C11H20N2O3. The van der Waals surface area contributed by atoms with Crippen LogP contribution in [0.15, 0.2) is 0 Å². The van der Waals surface area contributed by atoms with Crippen molar-refractivity contribution >= 4 is 11.9 Å². The topological polar surface area (TPSA) is 69.6 Å². The van der Waals surface area contributed by atoms with Gasteiger partial charge in [-0.05, 0) is 19.8 Å². The van der Waals surface area contributed by atoms with Gasteiger partial charge in [0, 0.05) is 32.1 Å². The Morgan fingerprint density at radius 3 is 2.56 bits per heavy atom. The quantitative estimate of drug-likeness (QED) is 0.686. The van der Waals surface area contributed by atoms with Gasteiger partial charge >= 0.3 is 5.97 Å². The summed E-state index contributed by atoms with van der Waals surface area (Å²) in [6.45, 7) is 6.21. The molecule has 16 heavy (non-hydrogen) atoms. The predicted molar refractivity (Wildman–Crippen MR) is 60.1 cm³/mol. The molecule has 0 aliphatic carbocycles. The number of carbonyl (C=O) groups is 2. The summed E-state index contributed by atoms with van der Waals surface area (Å²) in [5, 5.41) is 11.4. The van der Waals surface area contributed by atoms with Crippen LogP contribution in [0.25, 0.3) is 0 Å². The standard InChI is InChI=1S/C11H20N2O3/c1-8(2)12-10(14)3-4-13-6-9(7-13)5-11(15)16/h8-9H,3-7H2,1-2H3,(H,12,14)(H,15,16). The molecule has 0 unspecified atom stereocenters. The SMILES string of the molecule is CC(C)NC(=O)CCN1CC(CC(=O)O)C1. The van der Waals surface area contributed by atoms with E-state index in [4.69, 9.17) is 5.11 Å². The Hall–Kier alpha value is -1.10. The van der Waals surface area contributed by atoms with Gasteiger partial charge in [0.05, 0.1) is 6.42 Å². The van der Waals surface area contributed by atoms with Crippen molar-refractivity contribution in [1.82, 2.24) is 10.2 Å². The second-order valence-electron chi connectivity index (χ2n) is 4.70. The third-order valence-corrected chi connectivity index (χ3v) is 2.60. The molecule has 0 radical (unpaired) electrons. The number of nitrogens with one attached hydrogen (secondary N) is 1. The van der Waals surface area contributed by atoms with Gasteiger partial charge in [-0.15, -0.1) is 0 Å². The van der Waals surface area contributed by atoms with Gasteiger partial charge in [0.2, 0.25) is 5.91 Å². The molecule has 0 aromatic heterocycles. The van der Waals surface area contributed by atoms with Crippen molar-refractivity contribution in [2.45, 2.75) is 32.7 Å². The molecule has 1 fully saturated rings. The van der Waals surface area contributed by atoms with E-state index in [0.29, 0.717) is 6.42 Å². The van der Waals surface area contributed by atoms with Crippen LogP contribution in [0, 0.1) is 5.92 Å². The van der Waals surface area contributed by atoms with E-state index in [1.54, 1.807) is 0 Å². The summed E-state index contributed by atoms with van der Waals surface area (Å²) in [7, 11) is 0. The molecule has 1 heterocycles. The first-order chi connectivity index (χ1) is 7.47. The molecule has 0 spiro atoms. The highest BCUT2D eigenvalue weighted by Crippen LogP contribution is 2.18. The second kappa shape index (κ2) is 5.84. The molecule has 92 valence electrons. The van der Waals surface area contributed by atoms with Crippen molar-refractivity contribution in [2.24, 2.45) is 5.92 Å². The molecule has 1 aliphatic heterocycles. The molecule has 2 N–H and O–H groups in total. The number of carboxylic acid groups (broad SMARTS) is 1. The van der Waals surface area contributed by atoms with Crippen LogP contribution in [0.4, 0.5) is 0 Å². The van der Waals surface area contributed by atoms with E-state index in [1.807, 2.05) is 13.8 Å². The van der Waals surface area contributed by atoms with E-state index in [1.165, 1.54) is 0 Å². The molecule has 0 aromatic rings. The molecule has 1 amide bonds. The number of hydrogen-bond donors (Lipinski definition) is 2. The maximum Gasteiger partial charge on any atom is 0.303 e. The van der Waals surface area contributed by atoms with E-state index < -0.39 is 5.97 Å². The molecule has 1 saturated heterocycles. The van der Waals surface area contributed by atoms with Crippen molar-refractivity contribution in [1.29, 1.82) is 0 Å². The Labute approximate surface area is 95.8 Å².